The van der Waals surface area contributed by atoms with Gasteiger partial charge < -0.3 is 44.5 Å². The second-order valence-corrected chi connectivity index (χ2v) is 7.25. The lowest BCUT2D eigenvalue weighted by atomic mass is 9.83. The first kappa shape index (κ1) is 20.5. The fraction of sp³-hybridized carbons (Fsp3) is 0.824. The summed E-state index contributed by atoms with van der Waals surface area (Å²) in [5, 5.41) is 49.4. The number of esters is 1. The monoisotopic (exact) mass is 390 g/mol. The molecule has 154 valence electrons. The molecule has 1 saturated carbocycles. The molecule has 0 radical (unpaired) electrons. The highest BCUT2D eigenvalue weighted by Gasteiger charge is 2.53. The molecule has 27 heavy (non-hydrogen) atoms. The Hall–Kier alpha value is -1.27. The molecule has 10 atom stereocenters. The molecule has 5 N–H and O–H groups in total. The Labute approximate surface area is 155 Å². The number of aliphatic hydroxyl groups excluding tert-OH is 5. The molecule has 1 aliphatic carbocycles. The van der Waals surface area contributed by atoms with Crippen LogP contribution in [0, 0.1) is 17.8 Å². The van der Waals surface area contributed by atoms with Gasteiger partial charge in [-0.15, -0.1) is 0 Å². The van der Waals surface area contributed by atoms with E-state index in [4.69, 9.17) is 18.9 Å². The van der Waals surface area contributed by atoms with Crippen LogP contribution in [0.3, 0.4) is 0 Å². The summed E-state index contributed by atoms with van der Waals surface area (Å²) in [6.45, 7) is 1.21. The molecule has 3 aliphatic rings. The van der Waals surface area contributed by atoms with E-state index in [1.165, 1.54) is 13.4 Å². The molecule has 10 nitrogen and oxygen atoms in total. The van der Waals surface area contributed by atoms with Gasteiger partial charge in [0.2, 0.25) is 6.29 Å². The summed E-state index contributed by atoms with van der Waals surface area (Å²) < 4.78 is 21.4. The van der Waals surface area contributed by atoms with E-state index in [2.05, 4.69) is 0 Å². The molecule has 0 aromatic rings. The molecule has 0 bridgehead atoms. The molecular weight excluding hydrogens is 364 g/mol. The Morgan fingerprint density at radius 2 is 1.89 bits per heavy atom. The minimum atomic E-state index is -1.58. The zero-order valence-electron chi connectivity index (χ0n) is 15.0. The molecule has 0 aromatic carbocycles. The van der Waals surface area contributed by atoms with Crippen molar-refractivity contribution < 1.29 is 49.3 Å². The third-order valence-corrected chi connectivity index (χ3v) is 5.75. The van der Waals surface area contributed by atoms with Crippen LogP contribution in [0.1, 0.15) is 13.3 Å². The maximum absolute atomic E-state index is 12.0. The predicted octanol–water partition coefficient (Wildman–Crippen LogP) is -2.15. The van der Waals surface area contributed by atoms with Crippen LogP contribution in [-0.2, 0) is 23.7 Å². The quantitative estimate of drug-likeness (QED) is 0.336. The first-order valence-corrected chi connectivity index (χ1v) is 8.88. The van der Waals surface area contributed by atoms with Crippen LogP contribution >= 0.6 is 0 Å². The second kappa shape index (κ2) is 8.00. The Bertz CT molecular complexity index is 578. The van der Waals surface area contributed by atoms with E-state index in [0.717, 1.165) is 0 Å². The molecule has 0 unspecified atom stereocenters. The van der Waals surface area contributed by atoms with Crippen molar-refractivity contribution in [1.29, 1.82) is 0 Å². The van der Waals surface area contributed by atoms with Gasteiger partial charge in [-0.25, -0.2) is 4.79 Å². The number of aliphatic hydroxyl groups is 5. The number of methoxy groups -OCH3 is 1. The first-order chi connectivity index (χ1) is 12.8. The fourth-order valence-electron chi connectivity index (χ4n) is 4.10. The molecular formula is C17H26O10. The third-order valence-electron chi connectivity index (χ3n) is 5.75. The van der Waals surface area contributed by atoms with Gasteiger partial charge in [-0.3, -0.25) is 0 Å². The number of ether oxygens (including phenoxy) is 4. The Kier molecular flexibility index (Phi) is 6.06. The average Bonchev–Trinajstić information content (AvgIpc) is 2.96. The van der Waals surface area contributed by atoms with Crippen LogP contribution in [-0.4, -0.2) is 88.3 Å². The average molecular weight is 390 g/mol. The van der Waals surface area contributed by atoms with E-state index < -0.39 is 61.6 Å². The first-order valence-electron chi connectivity index (χ1n) is 8.88. The zero-order valence-corrected chi connectivity index (χ0v) is 15.0. The number of carbonyl (C=O) groups is 1. The van der Waals surface area contributed by atoms with Crippen molar-refractivity contribution in [2.75, 3.05) is 13.7 Å². The summed E-state index contributed by atoms with van der Waals surface area (Å²) in [6.07, 6.45) is -7.25. The lowest BCUT2D eigenvalue weighted by Gasteiger charge is -2.43. The van der Waals surface area contributed by atoms with E-state index in [0.29, 0.717) is 12.0 Å². The molecule has 2 heterocycles. The largest absolute Gasteiger partial charge is 0.472 e. The van der Waals surface area contributed by atoms with E-state index in [9.17, 15) is 30.3 Å². The molecule has 10 heteroatoms. The standard InChI is InChI=1S/C17H26O10/c1-6-9(19)3-7-8(15(23)24-2)5-25-16(11(6)7)27-17-14(22)13(21)12(20)10(4-18)26-17/h5-7,9-14,16-22H,3-4H2,1-2H3/t6-,7-,9+,10-,11-,12-,13+,14-,16+,17+/m1/s1. The Balaban J connectivity index is 1.80. The summed E-state index contributed by atoms with van der Waals surface area (Å²) in [7, 11) is 1.25. The van der Waals surface area contributed by atoms with Crippen molar-refractivity contribution >= 4 is 5.97 Å². The van der Waals surface area contributed by atoms with Crippen molar-refractivity contribution in [3.63, 3.8) is 0 Å². The molecule has 0 spiro atoms. The molecule has 1 saturated heterocycles. The van der Waals surface area contributed by atoms with Crippen molar-refractivity contribution in [2.24, 2.45) is 17.8 Å². The second-order valence-electron chi connectivity index (χ2n) is 7.25. The predicted molar refractivity (Wildman–Crippen MR) is 86.6 cm³/mol. The molecule has 2 fully saturated rings. The summed E-state index contributed by atoms with van der Waals surface area (Å²) in [5.74, 6) is -1.63. The third kappa shape index (κ3) is 3.58. The van der Waals surface area contributed by atoms with Crippen molar-refractivity contribution in [2.45, 2.75) is 56.4 Å². The van der Waals surface area contributed by atoms with E-state index >= 15 is 0 Å². The molecule has 0 aromatic heterocycles. The van der Waals surface area contributed by atoms with Crippen molar-refractivity contribution in [3.8, 4) is 0 Å². The minimum absolute atomic E-state index is 0.279. The number of fused-ring (bicyclic) bond motifs is 1. The van der Waals surface area contributed by atoms with Crippen LogP contribution in [0.5, 0.6) is 0 Å². The van der Waals surface area contributed by atoms with E-state index in [1.807, 2.05) is 0 Å². The minimum Gasteiger partial charge on any atom is -0.472 e. The lowest BCUT2D eigenvalue weighted by molar-refractivity contribution is -0.342. The van der Waals surface area contributed by atoms with Crippen molar-refractivity contribution in [3.05, 3.63) is 11.8 Å². The molecule has 2 aliphatic heterocycles. The van der Waals surface area contributed by atoms with Crippen LogP contribution in [0.4, 0.5) is 0 Å². The van der Waals surface area contributed by atoms with Gasteiger partial charge in [0.15, 0.2) is 6.29 Å². The van der Waals surface area contributed by atoms with E-state index in [-0.39, 0.29) is 11.8 Å². The smallest absolute Gasteiger partial charge is 0.337 e. The van der Waals surface area contributed by atoms with Crippen LogP contribution in [0.15, 0.2) is 11.8 Å². The number of carbonyl (C=O) groups excluding carboxylic acids is 1. The number of hydrogen-bond acceptors (Lipinski definition) is 10. The van der Waals surface area contributed by atoms with Gasteiger partial charge in [-0.1, -0.05) is 6.92 Å². The number of rotatable bonds is 4. The van der Waals surface area contributed by atoms with Gasteiger partial charge in [0.25, 0.3) is 0 Å². The topological polar surface area (TPSA) is 155 Å². The zero-order chi connectivity index (χ0) is 19.9. The summed E-state index contributed by atoms with van der Waals surface area (Å²) in [5.41, 5.74) is 0.291. The van der Waals surface area contributed by atoms with Crippen LogP contribution < -0.4 is 0 Å². The van der Waals surface area contributed by atoms with Gasteiger partial charge in [-0.2, -0.15) is 0 Å². The van der Waals surface area contributed by atoms with Gasteiger partial charge in [0.1, 0.15) is 24.4 Å². The summed E-state index contributed by atoms with van der Waals surface area (Å²) in [4.78, 5) is 12.0. The number of hydrogen-bond donors (Lipinski definition) is 5. The Morgan fingerprint density at radius 1 is 1.19 bits per heavy atom. The van der Waals surface area contributed by atoms with Crippen molar-refractivity contribution in [1.82, 2.24) is 0 Å². The SMILES string of the molecule is COC(=O)C1=CO[C@@H](O[C@@H]2O[C@H](CO)[C@@H](O)[C@H](O)[C@H]2O)[C@@H]2[C@H](C)[C@@H](O)C[C@H]12. The van der Waals surface area contributed by atoms with E-state index in [1.54, 1.807) is 6.92 Å². The maximum Gasteiger partial charge on any atom is 0.337 e. The summed E-state index contributed by atoms with van der Waals surface area (Å²) >= 11 is 0. The normalized spacial score (nSPS) is 47.0. The van der Waals surface area contributed by atoms with Crippen LogP contribution in [0.25, 0.3) is 0 Å². The highest BCUT2D eigenvalue weighted by Crippen LogP contribution is 2.47. The maximum atomic E-state index is 12.0. The highest BCUT2D eigenvalue weighted by atomic mass is 16.8. The molecule has 3 rings (SSSR count). The molecule has 0 amide bonds. The highest BCUT2D eigenvalue weighted by molar-refractivity contribution is 5.89. The van der Waals surface area contributed by atoms with Crippen LogP contribution in [0.2, 0.25) is 0 Å². The van der Waals surface area contributed by atoms with Gasteiger partial charge in [0, 0.05) is 11.8 Å². The fourth-order valence-corrected chi connectivity index (χ4v) is 4.10. The Morgan fingerprint density at radius 3 is 2.52 bits per heavy atom. The van der Waals surface area contributed by atoms with Gasteiger partial charge in [-0.05, 0) is 12.3 Å². The van der Waals surface area contributed by atoms with Gasteiger partial charge >= 0.3 is 5.97 Å². The lowest BCUT2D eigenvalue weighted by Crippen LogP contribution is -2.60. The van der Waals surface area contributed by atoms with Gasteiger partial charge in [0.05, 0.1) is 31.7 Å². The summed E-state index contributed by atoms with van der Waals surface area (Å²) in [6, 6.07) is 0.